The van der Waals surface area contributed by atoms with Crippen LogP contribution in [-0.4, -0.2) is 38.7 Å². The van der Waals surface area contributed by atoms with Gasteiger partial charge < -0.3 is 19.5 Å². The molecule has 0 aromatic heterocycles. The molecule has 0 aliphatic rings. The number of imide groups is 1. The second-order valence-corrected chi connectivity index (χ2v) is 5.38. The molecule has 3 amide bonds. The summed E-state index contributed by atoms with van der Waals surface area (Å²) in [5, 5.41) is 4.56. The highest BCUT2D eigenvalue weighted by Crippen LogP contribution is 2.18. The Morgan fingerprint density at radius 3 is 2.30 bits per heavy atom. The molecule has 0 aliphatic carbocycles. The Balaban J connectivity index is 1.76. The zero-order valence-corrected chi connectivity index (χ0v) is 15.0. The summed E-state index contributed by atoms with van der Waals surface area (Å²) in [6.07, 6.45) is -0.0463. The number of hydrogen-bond acceptors (Lipinski definition) is 6. The van der Waals surface area contributed by atoms with Crippen LogP contribution in [0.25, 0.3) is 0 Å². The number of methoxy groups -OCH3 is 2. The molecular formula is C19H20N2O6. The van der Waals surface area contributed by atoms with E-state index in [0.29, 0.717) is 22.7 Å². The van der Waals surface area contributed by atoms with Crippen LogP contribution in [0, 0.1) is 0 Å². The number of anilines is 1. The smallest absolute Gasteiger partial charge is 0.325 e. The van der Waals surface area contributed by atoms with E-state index >= 15 is 0 Å². The van der Waals surface area contributed by atoms with Crippen molar-refractivity contribution in [1.29, 1.82) is 0 Å². The molecule has 0 saturated carbocycles. The molecule has 0 fully saturated rings. The van der Waals surface area contributed by atoms with Gasteiger partial charge in [0.15, 0.2) is 6.61 Å². The van der Waals surface area contributed by atoms with Crippen LogP contribution in [0.2, 0.25) is 0 Å². The van der Waals surface area contributed by atoms with Gasteiger partial charge in [-0.05, 0) is 30.3 Å². The lowest BCUT2D eigenvalue weighted by atomic mass is 10.1. The predicted molar refractivity (Wildman–Crippen MR) is 97.8 cm³/mol. The monoisotopic (exact) mass is 372 g/mol. The van der Waals surface area contributed by atoms with Gasteiger partial charge in [-0.3, -0.25) is 14.9 Å². The van der Waals surface area contributed by atoms with Crippen molar-refractivity contribution in [2.45, 2.75) is 6.42 Å². The summed E-state index contributed by atoms with van der Waals surface area (Å²) >= 11 is 0. The highest BCUT2D eigenvalue weighted by molar-refractivity contribution is 6.01. The Hall–Kier alpha value is -3.55. The lowest BCUT2D eigenvalue weighted by molar-refractivity contribution is -0.147. The van der Waals surface area contributed by atoms with Crippen molar-refractivity contribution in [2.24, 2.45) is 0 Å². The third kappa shape index (κ3) is 6.35. The van der Waals surface area contributed by atoms with E-state index in [4.69, 9.17) is 14.2 Å². The number of rotatable bonds is 7. The SMILES string of the molecule is COc1ccc(NC(=O)NC(=O)COC(=O)Cc2ccccc2OC)cc1. The van der Waals surface area contributed by atoms with Gasteiger partial charge in [0, 0.05) is 11.3 Å². The fourth-order valence-electron chi connectivity index (χ4n) is 2.20. The van der Waals surface area contributed by atoms with Gasteiger partial charge in [0.2, 0.25) is 0 Å². The first-order valence-corrected chi connectivity index (χ1v) is 8.04. The number of hydrogen-bond donors (Lipinski definition) is 2. The lowest BCUT2D eigenvalue weighted by Crippen LogP contribution is -2.37. The van der Waals surface area contributed by atoms with Crippen LogP contribution in [0.1, 0.15) is 5.56 Å². The molecule has 0 radical (unpaired) electrons. The molecule has 8 nitrogen and oxygen atoms in total. The first kappa shape index (κ1) is 19.8. The molecular weight excluding hydrogens is 352 g/mol. The predicted octanol–water partition coefficient (Wildman–Crippen LogP) is 2.14. The molecule has 0 bridgehead atoms. The zero-order valence-electron chi connectivity index (χ0n) is 15.0. The molecule has 2 N–H and O–H groups in total. The quantitative estimate of drug-likeness (QED) is 0.722. The molecule has 27 heavy (non-hydrogen) atoms. The number of nitrogens with one attached hydrogen (secondary N) is 2. The summed E-state index contributed by atoms with van der Waals surface area (Å²) < 4.78 is 15.0. The lowest BCUT2D eigenvalue weighted by Gasteiger charge is -2.09. The van der Waals surface area contributed by atoms with Gasteiger partial charge in [0.1, 0.15) is 11.5 Å². The summed E-state index contributed by atoms with van der Waals surface area (Å²) in [4.78, 5) is 35.3. The molecule has 2 rings (SSSR count). The molecule has 142 valence electrons. The molecule has 0 atom stereocenters. The maximum absolute atomic E-state index is 11.9. The first-order valence-electron chi connectivity index (χ1n) is 8.04. The molecule has 2 aromatic rings. The van der Waals surface area contributed by atoms with Crippen LogP contribution in [0.4, 0.5) is 10.5 Å². The number of benzene rings is 2. The number of esters is 1. The number of urea groups is 1. The molecule has 0 heterocycles. The van der Waals surface area contributed by atoms with Gasteiger partial charge >= 0.3 is 12.0 Å². The zero-order chi connectivity index (χ0) is 19.6. The Morgan fingerprint density at radius 1 is 0.926 bits per heavy atom. The van der Waals surface area contributed by atoms with Crippen LogP contribution in [-0.2, 0) is 20.7 Å². The summed E-state index contributed by atoms with van der Waals surface area (Å²) in [5.41, 5.74) is 1.12. The van der Waals surface area contributed by atoms with Crippen molar-refractivity contribution < 1.29 is 28.6 Å². The Labute approximate surface area is 156 Å². The van der Waals surface area contributed by atoms with Gasteiger partial charge in [-0.25, -0.2) is 4.79 Å². The van der Waals surface area contributed by atoms with Gasteiger partial charge in [-0.2, -0.15) is 0 Å². The molecule has 2 aromatic carbocycles. The third-order valence-electron chi connectivity index (χ3n) is 3.49. The fourth-order valence-corrected chi connectivity index (χ4v) is 2.20. The highest BCUT2D eigenvalue weighted by atomic mass is 16.5. The Bertz CT molecular complexity index is 804. The second-order valence-electron chi connectivity index (χ2n) is 5.38. The van der Waals surface area contributed by atoms with Crippen molar-refractivity contribution in [3.05, 3.63) is 54.1 Å². The van der Waals surface area contributed by atoms with Crippen LogP contribution in [0.15, 0.2) is 48.5 Å². The molecule has 0 spiro atoms. The molecule has 0 unspecified atom stereocenters. The van der Waals surface area contributed by atoms with E-state index in [2.05, 4.69) is 10.6 Å². The van der Waals surface area contributed by atoms with Crippen molar-refractivity contribution >= 4 is 23.6 Å². The fraction of sp³-hybridized carbons (Fsp3) is 0.211. The Morgan fingerprint density at radius 2 is 1.63 bits per heavy atom. The maximum Gasteiger partial charge on any atom is 0.325 e. The van der Waals surface area contributed by atoms with Crippen LogP contribution < -0.4 is 20.1 Å². The van der Waals surface area contributed by atoms with Crippen LogP contribution in [0.3, 0.4) is 0 Å². The number of carbonyl (C=O) groups is 3. The topological polar surface area (TPSA) is 103 Å². The molecule has 0 aliphatic heterocycles. The average molecular weight is 372 g/mol. The number of carbonyl (C=O) groups excluding carboxylic acids is 3. The summed E-state index contributed by atoms with van der Waals surface area (Å²) in [6, 6.07) is 12.8. The largest absolute Gasteiger partial charge is 0.497 e. The van der Waals surface area contributed by atoms with Crippen molar-refractivity contribution in [3.63, 3.8) is 0 Å². The van der Waals surface area contributed by atoms with Crippen LogP contribution in [0.5, 0.6) is 11.5 Å². The standard InChI is InChI=1S/C19H20N2O6/c1-25-15-9-7-14(8-10-15)20-19(24)21-17(22)12-27-18(23)11-13-5-3-4-6-16(13)26-2/h3-10H,11-12H2,1-2H3,(H2,20,21,22,24). The molecule has 8 heteroatoms. The van der Waals surface area contributed by atoms with Crippen LogP contribution >= 0.6 is 0 Å². The van der Waals surface area contributed by atoms with Gasteiger partial charge in [0.05, 0.1) is 20.6 Å². The van der Waals surface area contributed by atoms with E-state index in [-0.39, 0.29) is 6.42 Å². The van der Waals surface area contributed by atoms with E-state index in [0.717, 1.165) is 0 Å². The summed E-state index contributed by atoms with van der Waals surface area (Å²) in [6.45, 7) is -0.565. The first-order chi connectivity index (χ1) is 13.0. The van der Waals surface area contributed by atoms with Crippen molar-refractivity contribution in [2.75, 3.05) is 26.1 Å². The van der Waals surface area contributed by atoms with Crippen molar-refractivity contribution in [3.8, 4) is 11.5 Å². The van der Waals surface area contributed by atoms with E-state index in [1.54, 1.807) is 48.5 Å². The minimum absolute atomic E-state index is 0.0463. The van der Waals surface area contributed by atoms with Gasteiger partial charge in [0.25, 0.3) is 5.91 Å². The minimum atomic E-state index is -0.741. The van der Waals surface area contributed by atoms with E-state index in [1.807, 2.05) is 0 Å². The number of amides is 3. The van der Waals surface area contributed by atoms with Gasteiger partial charge in [-0.1, -0.05) is 18.2 Å². The summed E-state index contributed by atoms with van der Waals surface area (Å²) in [7, 11) is 3.03. The summed E-state index contributed by atoms with van der Waals surface area (Å²) in [5.74, 6) is -0.156. The second kappa shape index (κ2) is 9.81. The molecule has 0 saturated heterocycles. The number of para-hydroxylation sites is 1. The maximum atomic E-state index is 11.9. The number of ether oxygens (including phenoxy) is 3. The third-order valence-corrected chi connectivity index (χ3v) is 3.49. The average Bonchev–Trinajstić information content (AvgIpc) is 2.67. The van der Waals surface area contributed by atoms with Crippen molar-refractivity contribution in [1.82, 2.24) is 5.32 Å². The van der Waals surface area contributed by atoms with E-state index < -0.39 is 24.5 Å². The Kier molecular flexibility index (Phi) is 7.18. The van der Waals surface area contributed by atoms with E-state index in [1.165, 1.54) is 14.2 Å². The van der Waals surface area contributed by atoms with Gasteiger partial charge in [-0.15, -0.1) is 0 Å². The highest BCUT2D eigenvalue weighted by Gasteiger charge is 2.13. The van der Waals surface area contributed by atoms with E-state index in [9.17, 15) is 14.4 Å². The normalized spacial score (nSPS) is 9.85. The minimum Gasteiger partial charge on any atom is -0.497 e.